The molecule has 8 heteroatoms. The van der Waals surface area contributed by atoms with E-state index >= 15 is 0 Å². The molecule has 1 aromatic carbocycles. The van der Waals surface area contributed by atoms with Crippen LogP contribution in [0.1, 0.15) is 22.8 Å². The van der Waals surface area contributed by atoms with E-state index in [2.05, 4.69) is 5.16 Å². The molecule has 1 aromatic rings. The molecular formula is C14H19N3O3S2. The van der Waals surface area contributed by atoms with Gasteiger partial charge >= 0.3 is 6.09 Å². The van der Waals surface area contributed by atoms with Gasteiger partial charge in [-0.2, -0.15) is 0 Å². The first-order chi connectivity index (χ1) is 10.3. The fraction of sp³-hybridized carbons (Fsp3) is 0.357. The first-order valence-electron chi connectivity index (χ1n) is 6.41. The van der Waals surface area contributed by atoms with Crippen LogP contribution in [0.15, 0.2) is 29.4 Å². The Kier molecular flexibility index (Phi) is 7.26. The summed E-state index contributed by atoms with van der Waals surface area (Å²) in [4.78, 5) is 28.7. The fourth-order valence-electron chi connectivity index (χ4n) is 1.33. The van der Waals surface area contributed by atoms with Crippen molar-refractivity contribution in [2.75, 3.05) is 20.4 Å². The van der Waals surface area contributed by atoms with Crippen LogP contribution in [0.4, 0.5) is 4.79 Å². The topological polar surface area (TPSA) is 62.2 Å². The maximum atomic E-state index is 12.2. The van der Waals surface area contributed by atoms with Crippen LogP contribution < -0.4 is 0 Å². The van der Waals surface area contributed by atoms with Crippen LogP contribution in [0.2, 0.25) is 0 Å². The monoisotopic (exact) mass is 341 g/mol. The van der Waals surface area contributed by atoms with Crippen LogP contribution in [-0.4, -0.2) is 46.0 Å². The Balaban J connectivity index is 2.59. The Labute approximate surface area is 139 Å². The molecule has 0 aliphatic heterocycles. The lowest BCUT2D eigenvalue weighted by molar-refractivity contribution is 0.0888. The average molecular weight is 341 g/mol. The second kappa shape index (κ2) is 8.70. The SMILES string of the molecule is CS/C(C)=N/OC(=O)N(C)SN(C)C(=O)c1ccc(C)cc1. The lowest BCUT2D eigenvalue weighted by Crippen LogP contribution is -2.28. The van der Waals surface area contributed by atoms with E-state index in [4.69, 9.17) is 4.84 Å². The van der Waals surface area contributed by atoms with E-state index in [0.717, 1.165) is 17.7 Å². The Morgan fingerprint density at radius 1 is 1.14 bits per heavy atom. The molecule has 22 heavy (non-hydrogen) atoms. The van der Waals surface area contributed by atoms with Gasteiger partial charge < -0.3 is 0 Å². The van der Waals surface area contributed by atoms with Crippen molar-refractivity contribution in [3.8, 4) is 0 Å². The summed E-state index contributed by atoms with van der Waals surface area (Å²) in [6.45, 7) is 3.69. The molecule has 0 fully saturated rings. The van der Waals surface area contributed by atoms with E-state index in [1.54, 1.807) is 26.1 Å². The van der Waals surface area contributed by atoms with Gasteiger partial charge in [-0.1, -0.05) is 22.9 Å². The molecule has 0 heterocycles. The maximum Gasteiger partial charge on any atom is 0.447 e. The summed E-state index contributed by atoms with van der Waals surface area (Å²) < 4.78 is 2.56. The van der Waals surface area contributed by atoms with Crippen molar-refractivity contribution in [1.82, 2.24) is 8.61 Å². The standard InChI is InChI=1S/C14H19N3O3S2/c1-10-6-8-12(9-7-10)13(18)16(3)22-17(4)14(19)20-15-11(2)21-5/h6-9H,1-5H3/b15-11+. The summed E-state index contributed by atoms with van der Waals surface area (Å²) >= 11 is 2.32. The highest BCUT2D eigenvalue weighted by Gasteiger charge is 2.19. The molecule has 0 N–H and O–H groups in total. The van der Waals surface area contributed by atoms with Crippen LogP contribution in [0.3, 0.4) is 0 Å². The molecule has 0 radical (unpaired) electrons. The third-order valence-electron chi connectivity index (χ3n) is 2.63. The summed E-state index contributed by atoms with van der Waals surface area (Å²) in [6.07, 6.45) is 1.18. The second-order valence-corrected chi connectivity index (χ2v) is 6.68. The number of nitrogens with zero attached hydrogens (tertiary/aromatic N) is 3. The van der Waals surface area contributed by atoms with E-state index in [9.17, 15) is 9.59 Å². The molecule has 0 bridgehead atoms. The third kappa shape index (κ3) is 5.61. The highest BCUT2D eigenvalue weighted by molar-refractivity contribution is 8.13. The van der Waals surface area contributed by atoms with Crippen molar-refractivity contribution in [3.05, 3.63) is 35.4 Å². The lowest BCUT2D eigenvalue weighted by atomic mass is 10.1. The zero-order valence-corrected chi connectivity index (χ0v) is 14.8. The predicted octanol–water partition coefficient (Wildman–Crippen LogP) is 3.40. The van der Waals surface area contributed by atoms with E-state index in [1.165, 1.54) is 27.4 Å². The number of hydrogen-bond donors (Lipinski definition) is 0. The summed E-state index contributed by atoms with van der Waals surface area (Å²) in [5, 5.41) is 4.29. The molecule has 120 valence electrons. The first kappa shape index (κ1) is 18.4. The van der Waals surface area contributed by atoms with Crippen molar-refractivity contribution in [2.45, 2.75) is 13.8 Å². The number of thioether (sulfide) groups is 1. The van der Waals surface area contributed by atoms with Gasteiger partial charge in [0.2, 0.25) is 0 Å². The van der Waals surface area contributed by atoms with Crippen LogP contribution in [0.5, 0.6) is 0 Å². The number of oxime groups is 1. The number of benzene rings is 1. The molecule has 0 spiro atoms. The fourth-order valence-corrected chi connectivity index (χ4v) is 2.09. The van der Waals surface area contributed by atoms with Gasteiger partial charge in [0.1, 0.15) is 5.04 Å². The molecule has 0 saturated heterocycles. The number of hydrogen-bond acceptors (Lipinski definition) is 6. The van der Waals surface area contributed by atoms with E-state index < -0.39 is 6.09 Å². The summed E-state index contributed by atoms with van der Waals surface area (Å²) in [5.41, 5.74) is 1.63. The molecule has 0 aromatic heterocycles. The molecule has 0 saturated carbocycles. The maximum absolute atomic E-state index is 12.2. The van der Waals surface area contributed by atoms with E-state index in [1.807, 2.05) is 25.3 Å². The van der Waals surface area contributed by atoms with Gasteiger partial charge in [-0.3, -0.25) is 13.9 Å². The van der Waals surface area contributed by atoms with Gasteiger partial charge in [-0.05, 0) is 32.2 Å². The average Bonchev–Trinajstić information content (AvgIpc) is 2.51. The Bertz CT molecular complexity index is 561. The zero-order chi connectivity index (χ0) is 16.7. The number of amides is 2. The lowest BCUT2D eigenvalue weighted by Gasteiger charge is -2.21. The number of rotatable bonds is 4. The zero-order valence-electron chi connectivity index (χ0n) is 13.2. The van der Waals surface area contributed by atoms with Crippen LogP contribution in [-0.2, 0) is 4.84 Å². The molecule has 6 nitrogen and oxygen atoms in total. The molecular weight excluding hydrogens is 322 g/mol. The number of carbonyl (C=O) groups is 2. The van der Waals surface area contributed by atoms with Crippen molar-refractivity contribution in [2.24, 2.45) is 5.16 Å². The van der Waals surface area contributed by atoms with E-state index in [0.29, 0.717) is 10.6 Å². The highest BCUT2D eigenvalue weighted by Crippen LogP contribution is 2.17. The predicted molar refractivity (Wildman–Crippen MR) is 91.7 cm³/mol. The Morgan fingerprint density at radius 3 is 2.27 bits per heavy atom. The molecule has 0 atom stereocenters. The number of carbonyl (C=O) groups excluding carboxylic acids is 2. The number of aryl methyl sites for hydroxylation is 1. The molecule has 0 aliphatic carbocycles. The normalized spacial score (nSPS) is 11.0. The minimum atomic E-state index is -0.651. The second-order valence-electron chi connectivity index (χ2n) is 4.42. The summed E-state index contributed by atoms with van der Waals surface area (Å²) in [5.74, 6) is -0.201. The minimum Gasteiger partial charge on any atom is -0.296 e. The van der Waals surface area contributed by atoms with Gasteiger partial charge in [-0.15, -0.1) is 11.8 Å². The smallest absolute Gasteiger partial charge is 0.296 e. The van der Waals surface area contributed by atoms with Crippen molar-refractivity contribution < 1.29 is 14.4 Å². The minimum absolute atomic E-state index is 0.201. The van der Waals surface area contributed by atoms with Crippen LogP contribution >= 0.6 is 23.9 Å². The molecule has 1 rings (SSSR count). The molecule has 0 aliphatic rings. The van der Waals surface area contributed by atoms with Crippen molar-refractivity contribution in [1.29, 1.82) is 0 Å². The van der Waals surface area contributed by atoms with Crippen molar-refractivity contribution >= 4 is 40.9 Å². The Hall–Kier alpha value is -1.67. The summed E-state index contributed by atoms with van der Waals surface area (Å²) in [7, 11) is 3.10. The first-order valence-corrected chi connectivity index (χ1v) is 8.36. The third-order valence-corrected chi connectivity index (χ3v) is 4.10. The summed E-state index contributed by atoms with van der Waals surface area (Å²) in [6, 6.07) is 7.23. The quantitative estimate of drug-likeness (QED) is 0.276. The molecule has 2 amide bonds. The van der Waals surface area contributed by atoms with Crippen molar-refractivity contribution in [3.63, 3.8) is 0 Å². The van der Waals surface area contributed by atoms with Gasteiger partial charge in [0.05, 0.1) is 12.1 Å². The highest BCUT2D eigenvalue weighted by atomic mass is 32.2. The van der Waals surface area contributed by atoms with Gasteiger partial charge in [0.15, 0.2) is 0 Å². The van der Waals surface area contributed by atoms with E-state index in [-0.39, 0.29) is 5.91 Å². The molecule has 0 unspecified atom stereocenters. The van der Waals surface area contributed by atoms with Gasteiger partial charge in [0.25, 0.3) is 5.91 Å². The van der Waals surface area contributed by atoms with Gasteiger partial charge in [0, 0.05) is 19.7 Å². The van der Waals surface area contributed by atoms with Crippen LogP contribution in [0, 0.1) is 6.92 Å². The Morgan fingerprint density at radius 2 is 1.73 bits per heavy atom. The van der Waals surface area contributed by atoms with Gasteiger partial charge in [-0.25, -0.2) is 9.10 Å². The van der Waals surface area contributed by atoms with Crippen LogP contribution in [0.25, 0.3) is 0 Å². The largest absolute Gasteiger partial charge is 0.447 e.